The first kappa shape index (κ1) is 37.9. The predicted molar refractivity (Wildman–Crippen MR) is 257 cm³/mol. The molecule has 8 aromatic rings. The lowest BCUT2D eigenvalue weighted by molar-refractivity contribution is -0.0617. The summed E-state index contributed by atoms with van der Waals surface area (Å²) in [6, 6.07) is 43.6. The van der Waals surface area contributed by atoms with Crippen molar-refractivity contribution >= 4 is 55.3 Å². The molecule has 5 atom stereocenters. The minimum absolute atomic E-state index is 0.0620. The smallest absolute Gasteiger partial charge is 0.202 e. The number of rotatable bonds is 1. The van der Waals surface area contributed by atoms with E-state index < -0.39 is 5.72 Å². The van der Waals surface area contributed by atoms with Crippen LogP contribution in [-0.2, 0) is 10.8 Å². The van der Waals surface area contributed by atoms with Crippen LogP contribution in [0.2, 0.25) is 0 Å². The first-order valence-corrected chi connectivity index (χ1v) is 22.5. The summed E-state index contributed by atoms with van der Waals surface area (Å²) in [6.07, 6.45) is 11.5. The Labute approximate surface area is 369 Å². The van der Waals surface area contributed by atoms with Gasteiger partial charge in [-0.2, -0.15) is 0 Å². The molecule has 13 rings (SSSR count). The summed E-state index contributed by atoms with van der Waals surface area (Å²) in [7, 11) is 2.28. The van der Waals surface area contributed by atoms with Gasteiger partial charge in [-0.1, -0.05) is 117 Å². The molecule has 3 aliphatic heterocycles. The van der Waals surface area contributed by atoms with Crippen LogP contribution in [-0.4, -0.2) is 39.9 Å². The van der Waals surface area contributed by atoms with E-state index in [1.807, 2.05) is 24.5 Å². The number of hydrogen-bond donors (Lipinski definition) is 0. The zero-order valence-electron chi connectivity index (χ0n) is 36.2. The van der Waals surface area contributed by atoms with Crippen LogP contribution < -0.4 is 4.74 Å². The molecule has 2 saturated heterocycles. The van der Waals surface area contributed by atoms with Crippen molar-refractivity contribution in [3.05, 3.63) is 167 Å². The summed E-state index contributed by atoms with van der Waals surface area (Å²) in [4.78, 5) is 17.3. The lowest BCUT2D eigenvalue weighted by Crippen LogP contribution is -2.59. The highest BCUT2D eigenvalue weighted by atomic mass is 16.5. The Bertz CT molecular complexity index is 3280. The Hall–Kier alpha value is -6.79. The second kappa shape index (κ2) is 14.1. The molecule has 2 aliphatic carbocycles. The van der Waals surface area contributed by atoms with Gasteiger partial charge in [0.15, 0.2) is 5.75 Å². The van der Waals surface area contributed by atoms with Gasteiger partial charge in [-0.05, 0) is 137 Å². The maximum atomic E-state index is 7.43. The molecule has 5 heteroatoms. The van der Waals surface area contributed by atoms with E-state index in [4.69, 9.17) is 19.7 Å². The highest BCUT2D eigenvalue weighted by molar-refractivity contribution is 6.14. The van der Waals surface area contributed by atoms with E-state index in [9.17, 15) is 0 Å². The fourth-order valence-corrected chi connectivity index (χ4v) is 11.8. The molecule has 5 aliphatic rings. The molecule has 306 valence electrons. The van der Waals surface area contributed by atoms with Crippen molar-refractivity contribution in [3.8, 4) is 29.4 Å². The van der Waals surface area contributed by atoms with Crippen molar-refractivity contribution in [2.75, 3.05) is 7.05 Å². The molecule has 0 amide bonds. The van der Waals surface area contributed by atoms with E-state index in [1.54, 1.807) is 0 Å². The summed E-state index contributed by atoms with van der Waals surface area (Å²) in [5, 5.41) is 6.46. The van der Waals surface area contributed by atoms with Gasteiger partial charge in [-0.15, -0.1) is 0 Å². The van der Waals surface area contributed by atoms with Gasteiger partial charge in [0.1, 0.15) is 11.2 Å². The monoisotopic (exact) mass is 816 g/mol. The van der Waals surface area contributed by atoms with Crippen LogP contribution in [0.25, 0.3) is 43.4 Å². The third kappa shape index (κ3) is 6.01. The number of hydrogen-bond acceptors (Lipinski definition) is 5. The molecule has 1 spiro atoms. The van der Waals surface area contributed by atoms with Gasteiger partial charge in [0.05, 0.1) is 11.7 Å². The standard InChI is InChI=1S/C58H48N4O/c1-56(2,3)40-23-17-37(18-24-40)21-27-48-44-11-5-7-13-46(44)49(47-14-8-6-12-45(47)48)28-22-38-19-25-41(26-20-38)57-33-39-31-42(34-57)58(62(4)43(32-39)35-57)36-61-54-50-15-9-29-59-52(50)53-51(55(54)63-58)16-10-30-60-53/h5-20,23-26,29-30,36,39,42-43H,31-35H2,1-4H3/t39-,42-,43+,57-,58?/m1/s1. The lowest BCUT2D eigenvalue weighted by atomic mass is 9.55. The third-order valence-corrected chi connectivity index (χ3v) is 14.9. The number of ether oxygens (including phenoxy) is 1. The van der Waals surface area contributed by atoms with E-state index in [0.717, 1.165) is 96.3 Å². The quantitative estimate of drug-likeness (QED) is 0.0941. The number of aliphatic imine (C=N–C) groups is 1. The summed E-state index contributed by atoms with van der Waals surface area (Å²) >= 11 is 0. The number of benzene rings is 6. The predicted octanol–water partition coefficient (Wildman–Crippen LogP) is 12.4. The topological polar surface area (TPSA) is 50.6 Å². The summed E-state index contributed by atoms with van der Waals surface area (Å²) in [5.74, 6) is 16.1. The molecule has 2 aromatic heterocycles. The molecule has 1 unspecified atom stereocenters. The summed E-state index contributed by atoms with van der Waals surface area (Å²) in [6.45, 7) is 6.72. The van der Waals surface area contributed by atoms with Crippen molar-refractivity contribution in [2.45, 2.75) is 75.5 Å². The molecule has 4 bridgehead atoms. The summed E-state index contributed by atoms with van der Waals surface area (Å²) in [5.41, 5.74) is 8.96. The average molecular weight is 817 g/mol. The summed E-state index contributed by atoms with van der Waals surface area (Å²) < 4.78 is 7.43. The highest BCUT2D eigenvalue weighted by Gasteiger charge is 2.61. The second-order valence-electron chi connectivity index (χ2n) is 19.5. The fourth-order valence-electron chi connectivity index (χ4n) is 11.8. The first-order valence-electron chi connectivity index (χ1n) is 22.5. The average Bonchev–Trinajstić information content (AvgIpc) is 3.42. The third-order valence-electron chi connectivity index (χ3n) is 14.9. The van der Waals surface area contributed by atoms with Crippen molar-refractivity contribution in [1.82, 2.24) is 14.9 Å². The minimum Gasteiger partial charge on any atom is -0.464 e. The van der Waals surface area contributed by atoms with Crippen LogP contribution in [0.4, 0.5) is 5.69 Å². The molecule has 5 heterocycles. The van der Waals surface area contributed by atoms with Gasteiger partial charge < -0.3 is 4.74 Å². The molecule has 6 aromatic carbocycles. The number of aromatic nitrogens is 2. The van der Waals surface area contributed by atoms with Gasteiger partial charge in [-0.3, -0.25) is 19.9 Å². The molecule has 0 N–H and O–H groups in total. The zero-order chi connectivity index (χ0) is 42.5. The van der Waals surface area contributed by atoms with E-state index in [1.165, 1.54) is 24.0 Å². The Morgan fingerprint density at radius 2 is 1.16 bits per heavy atom. The molecular weight excluding hydrogens is 769 g/mol. The molecule has 5 nitrogen and oxygen atoms in total. The van der Waals surface area contributed by atoms with Gasteiger partial charge in [0, 0.05) is 57.4 Å². The van der Waals surface area contributed by atoms with Crippen LogP contribution >= 0.6 is 0 Å². The molecule has 0 radical (unpaired) electrons. The van der Waals surface area contributed by atoms with Gasteiger partial charge >= 0.3 is 0 Å². The minimum atomic E-state index is -0.636. The number of nitrogens with zero attached hydrogens (tertiary/aromatic N) is 4. The Kier molecular flexibility index (Phi) is 8.50. The van der Waals surface area contributed by atoms with Crippen molar-refractivity contribution in [3.63, 3.8) is 0 Å². The van der Waals surface area contributed by atoms with E-state index in [0.29, 0.717) is 12.0 Å². The molecule has 63 heavy (non-hydrogen) atoms. The van der Waals surface area contributed by atoms with E-state index >= 15 is 0 Å². The molecular formula is C58H48N4O. The van der Waals surface area contributed by atoms with Crippen LogP contribution in [0.3, 0.4) is 0 Å². The SMILES string of the molecule is CN1[C@H]2C[C@H]3C[C@H](C[C@](c4ccc(C#Cc5c6ccccc6c(C#Cc6ccc(C(C)(C)C)cc6)c6ccccc56)cc4)(C3)C2)C12C=Nc1c(c3cccnc3c3ncccc13)O2. The number of fused-ring (bicyclic) bond motifs is 8. The van der Waals surface area contributed by atoms with Crippen LogP contribution in [0.5, 0.6) is 5.75 Å². The maximum absolute atomic E-state index is 7.43. The van der Waals surface area contributed by atoms with Crippen LogP contribution in [0.15, 0.2) is 139 Å². The molecule has 2 saturated carbocycles. The lowest BCUT2D eigenvalue weighted by Gasteiger charge is -2.49. The fraction of sp³-hybridized carbons (Fsp3) is 0.259. The molecule has 4 fully saturated rings. The van der Waals surface area contributed by atoms with Crippen molar-refractivity contribution < 1.29 is 4.74 Å². The van der Waals surface area contributed by atoms with E-state index in [-0.39, 0.29) is 16.7 Å². The van der Waals surface area contributed by atoms with Gasteiger partial charge in [-0.25, -0.2) is 0 Å². The normalized spacial score (nSPS) is 23.6. The van der Waals surface area contributed by atoms with Crippen molar-refractivity contribution in [1.29, 1.82) is 0 Å². The van der Waals surface area contributed by atoms with Crippen LogP contribution in [0.1, 0.15) is 86.3 Å². The van der Waals surface area contributed by atoms with Gasteiger partial charge in [0.25, 0.3) is 0 Å². The van der Waals surface area contributed by atoms with E-state index in [2.05, 4.69) is 172 Å². The van der Waals surface area contributed by atoms with Gasteiger partial charge in [0.2, 0.25) is 5.72 Å². The first-order chi connectivity index (χ1) is 30.7. The Balaban J connectivity index is 0.876. The largest absolute Gasteiger partial charge is 0.464 e. The second-order valence-corrected chi connectivity index (χ2v) is 19.5. The highest BCUT2D eigenvalue weighted by Crippen LogP contribution is 2.61. The Morgan fingerprint density at radius 3 is 1.76 bits per heavy atom. The Morgan fingerprint density at radius 1 is 0.603 bits per heavy atom. The number of pyridine rings is 2. The maximum Gasteiger partial charge on any atom is 0.202 e. The zero-order valence-corrected chi connectivity index (χ0v) is 36.2. The van der Waals surface area contributed by atoms with Crippen LogP contribution in [0, 0.1) is 35.5 Å². The van der Waals surface area contributed by atoms with Crippen molar-refractivity contribution in [2.24, 2.45) is 16.8 Å².